The summed E-state index contributed by atoms with van der Waals surface area (Å²) in [7, 11) is 0. The number of fused-ring (bicyclic) bond motifs is 3. The lowest BCUT2D eigenvalue weighted by Gasteiger charge is -2.33. The number of nitrogens with zero attached hydrogens (tertiary/aromatic N) is 1. The van der Waals surface area contributed by atoms with Gasteiger partial charge in [-0.25, -0.2) is 0 Å². The first-order valence-corrected chi connectivity index (χ1v) is 6.25. The van der Waals surface area contributed by atoms with Gasteiger partial charge in [-0.2, -0.15) is 0 Å². The second-order valence-electron chi connectivity index (χ2n) is 5.17. The van der Waals surface area contributed by atoms with E-state index in [4.69, 9.17) is 0 Å². The molecule has 0 bridgehead atoms. The van der Waals surface area contributed by atoms with Crippen molar-refractivity contribution < 1.29 is 9.59 Å². The minimum absolute atomic E-state index is 0.188. The Kier molecular flexibility index (Phi) is 2.37. The molecule has 1 amide bonds. The smallest absolute Gasteiger partial charge is 0.218 e. The number of hydrogen-bond donors (Lipinski definition) is 0. The molecular weight excluding hydrogens is 226 g/mol. The summed E-state index contributed by atoms with van der Waals surface area (Å²) in [6, 6.07) is 7.93. The summed E-state index contributed by atoms with van der Waals surface area (Å²) < 4.78 is 0. The Morgan fingerprint density at radius 3 is 2.78 bits per heavy atom. The molecule has 0 spiro atoms. The van der Waals surface area contributed by atoms with Gasteiger partial charge in [0.05, 0.1) is 5.69 Å². The van der Waals surface area contributed by atoms with Crippen LogP contribution in [0.25, 0.3) is 0 Å². The number of para-hydroxylation sites is 1. The standard InChI is InChI=1S/C15H15NO2/c1-15-8-4-5-11(9-17)14(15)16(10-18)13-7-3-2-6-12(13)15/h2-3,6-7,9-10H,4-5,8H2,1H3. The van der Waals surface area contributed by atoms with Gasteiger partial charge in [-0.05, 0) is 37.8 Å². The third-order valence-corrected chi connectivity index (χ3v) is 4.20. The molecule has 1 aliphatic heterocycles. The lowest BCUT2D eigenvalue weighted by molar-refractivity contribution is -0.107. The molecule has 1 aromatic rings. The summed E-state index contributed by atoms with van der Waals surface area (Å²) in [5.41, 5.74) is 3.55. The summed E-state index contributed by atoms with van der Waals surface area (Å²) >= 11 is 0. The summed E-state index contributed by atoms with van der Waals surface area (Å²) in [5, 5.41) is 0. The predicted molar refractivity (Wildman–Crippen MR) is 69.3 cm³/mol. The van der Waals surface area contributed by atoms with Crippen LogP contribution < -0.4 is 4.90 Å². The minimum atomic E-state index is -0.188. The van der Waals surface area contributed by atoms with Crippen molar-refractivity contribution in [3.63, 3.8) is 0 Å². The second-order valence-corrected chi connectivity index (χ2v) is 5.17. The van der Waals surface area contributed by atoms with Crippen LogP contribution in [0.5, 0.6) is 0 Å². The highest BCUT2D eigenvalue weighted by Gasteiger charge is 2.46. The number of carbonyl (C=O) groups excluding carboxylic acids is 2. The van der Waals surface area contributed by atoms with Gasteiger partial charge in [-0.15, -0.1) is 0 Å². The molecule has 92 valence electrons. The molecule has 3 rings (SSSR count). The summed E-state index contributed by atoms with van der Waals surface area (Å²) in [5.74, 6) is 0. The molecule has 1 aromatic carbocycles. The fraction of sp³-hybridized carbons (Fsp3) is 0.333. The van der Waals surface area contributed by atoms with Crippen molar-refractivity contribution in [3.8, 4) is 0 Å². The Bertz CT molecular complexity index is 561. The second kappa shape index (κ2) is 3.80. The van der Waals surface area contributed by atoms with Gasteiger partial charge in [0, 0.05) is 16.7 Å². The van der Waals surface area contributed by atoms with Crippen molar-refractivity contribution in [1.82, 2.24) is 0 Å². The van der Waals surface area contributed by atoms with E-state index in [1.165, 1.54) is 0 Å². The predicted octanol–water partition coefficient (Wildman–Crippen LogP) is 2.56. The Hall–Kier alpha value is -1.90. The van der Waals surface area contributed by atoms with Crippen LogP contribution in [0.4, 0.5) is 5.69 Å². The molecule has 1 unspecified atom stereocenters. The molecule has 0 aromatic heterocycles. The normalized spacial score (nSPS) is 25.7. The van der Waals surface area contributed by atoms with E-state index in [0.29, 0.717) is 0 Å². The van der Waals surface area contributed by atoms with Gasteiger partial charge in [0.15, 0.2) is 0 Å². The maximum absolute atomic E-state index is 11.4. The molecule has 3 heteroatoms. The van der Waals surface area contributed by atoms with Crippen LogP contribution in [-0.2, 0) is 15.0 Å². The molecule has 1 aliphatic carbocycles. The number of rotatable bonds is 2. The van der Waals surface area contributed by atoms with Crippen LogP contribution in [-0.4, -0.2) is 12.7 Å². The van der Waals surface area contributed by atoms with E-state index in [0.717, 1.165) is 54.5 Å². The highest BCUT2D eigenvalue weighted by Crippen LogP contribution is 2.53. The van der Waals surface area contributed by atoms with Gasteiger partial charge in [-0.3, -0.25) is 14.5 Å². The lowest BCUT2D eigenvalue weighted by atomic mass is 9.72. The molecule has 0 saturated carbocycles. The van der Waals surface area contributed by atoms with Crippen molar-refractivity contribution in [3.05, 3.63) is 41.1 Å². The molecule has 1 heterocycles. The zero-order valence-electron chi connectivity index (χ0n) is 10.3. The van der Waals surface area contributed by atoms with E-state index < -0.39 is 0 Å². The third kappa shape index (κ3) is 1.24. The third-order valence-electron chi connectivity index (χ3n) is 4.20. The van der Waals surface area contributed by atoms with Gasteiger partial charge in [-0.1, -0.05) is 18.2 Å². The lowest BCUT2D eigenvalue weighted by Crippen LogP contribution is -2.32. The maximum Gasteiger partial charge on any atom is 0.218 e. The Morgan fingerprint density at radius 1 is 1.28 bits per heavy atom. The van der Waals surface area contributed by atoms with E-state index in [9.17, 15) is 9.59 Å². The van der Waals surface area contributed by atoms with Crippen LogP contribution in [0.1, 0.15) is 31.7 Å². The molecule has 0 saturated heterocycles. The van der Waals surface area contributed by atoms with Crippen molar-refractivity contribution in [2.45, 2.75) is 31.6 Å². The van der Waals surface area contributed by atoms with E-state index in [2.05, 4.69) is 13.0 Å². The number of amides is 1. The molecular formula is C15H15NO2. The zero-order chi connectivity index (χ0) is 12.8. The van der Waals surface area contributed by atoms with Gasteiger partial charge >= 0.3 is 0 Å². The largest absolute Gasteiger partial charge is 0.298 e. The van der Waals surface area contributed by atoms with Gasteiger partial charge in [0.25, 0.3) is 0 Å². The first-order valence-electron chi connectivity index (χ1n) is 6.25. The van der Waals surface area contributed by atoms with Crippen LogP contribution in [0.3, 0.4) is 0 Å². The summed E-state index contributed by atoms with van der Waals surface area (Å²) in [6.45, 7) is 2.13. The monoisotopic (exact) mass is 241 g/mol. The number of carbonyl (C=O) groups is 2. The molecule has 0 radical (unpaired) electrons. The van der Waals surface area contributed by atoms with Crippen molar-refractivity contribution >= 4 is 18.4 Å². The van der Waals surface area contributed by atoms with Gasteiger partial charge in [0.2, 0.25) is 6.41 Å². The Balaban J connectivity index is 2.32. The van der Waals surface area contributed by atoms with E-state index in [1.54, 1.807) is 4.90 Å². The molecule has 1 atom stereocenters. The number of benzene rings is 1. The van der Waals surface area contributed by atoms with Crippen LogP contribution >= 0.6 is 0 Å². The van der Waals surface area contributed by atoms with Crippen LogP contribution in [0.2, 0.25) is 0 Å². The average molecular weight is 241 g/mol. The Morgan fingerprint density at radius 2 is 2.06 bits per heavy atom. The fourth-order valence-electron chi connectivity index (χ4n) is 3.40. The average Bonchev–Trinajstić information content (AvgIpc) is 2.67. The summed E-state index contributed by atoms with van der Waals surface area (Å²) in [6.07, 6.45) is 4.49. The number of aldehydes is 1. The first-order chi connectivity index (χ1) is 8.72. The van der Waals surface area contributed by atoms with Crippen LogP contribution in [0, 0.1) is 0 Å². The quantitative estimate of drug-likeness (QED) is 0.746. The highest BCUT2D eigenvalue weighted by atomic mass is 16.1. The maximum atomic E-state index is 11.4. The van der Waals surface area contributed by atoms with E-state index in [1.807, 2.05) is 18.2 Å². The number of hydrogen-bond acceptors (Lipinski definition) is 2. The van der Waals surface area contributed by atoms with E-state index >= 15 is 0 Å². The minimum Gasteiger partial charge on any atom is -0.298 e. The van der Waals surface area contributed by atoms with Crippen molar-refractivity contribution in [1.29, 1.82) is 0 Å². The molecule has 0 fully saturated rings. The molecule has 3 nitrogen and oxygen atoms in total. The fourth-order valence-corrected chi connectivity index (χ4v) is 3.40. The number of allylic oxidation sites excluding steroid dienone is 2. The number of anilines is 1. The Labute approximate surface area is 106 Å². The van der Waals surface area contributed by atoms with E-state index in [-0.39, 0.29) is 5.41 Å². The van der Waals surface area contributed by atoms with Crippen molar-refractivity contribution in [2.75, 3.05) is 4.90 Å². The van der Waals surface area contributed by atoms with Gasteiger partial charge < -0.3 is 0 Å². The molecule has 0 N–H and O–H groups in total. The molecule has 2 aliphatic rings. The topological polar surface area (TPSA) is 37.4 Å². The van der Waals surface area contributed by atoms with Crippen LogP contribution in [0.15, 0.2) is 35.5 Å². The highest BCUT2D eigenvalue weighted by molar-refractivity contribution is 5.92. The first kappa shape index (κ1) is 11.2. The summed E-state index contributed by atoms with van der Waals surface area (Å²) in [4.78, 5) is 24.3. The molecule has 18 heavy (non-hydrogen) atoms. The van der Waals surface area contributed by atoms with Crippen molar-refractivity contribution in [2.24, 2.45) is 0 Å². The van der Waals surface area contributed by atoms with Gasteiger partial charge in [0.1, 0.15) is 6.29 Å². The SMILES string of the molecule is CC12CCCC(C=O)=C1N(C=O)c1ccccc12. The zero-order valence-corrected chi connectivity index (χ0v) is 10.3.